The summed E-state index contributed by atoms with van der Waals surface area (Å²) in [4.78, 5) is 10.7. The second kappa shape index (κ2) is 10.1. The van der Waals surface area contributed by atoms with Gasteiger partial charge in [0.2, 0.25) is 0 Å². The average Bonchev–Trinajstić information content (AvgIpc) is 2.47. The number of nitrogens with one attached hydrogen (secondary N) is 1. The average molecular weight is 296 g/mol. The van der Waals surface area contributed by atoms with Crippen LogP contribution in [0, 0.1) is 10.1 Å². The van der Waals surface area contributed by atoms with Crippen molar-refractivity contribution < 1.29 is 14.4 Å². The molecule has 0 heterocycles. The van der Waals surface area contributed by atoms with E-state index in [1.54, 1.807) is 12.1 Å². The summed E-state index contributed by atoms with van der Waals surface area (Å²) in [6.45, 7) is 6.81. The van der Waals surface area contributed by atoms with Crippen LogP contribution in [-0.4, -0.2) is 31.3 Å². The number of nitro groups is 1. The Morgan fingerprint density at radius 3 is 2.62 bits per heavy atom. The van der Waals surface area contributed by atoms with Crippen molar-refractivity contribution in [2.75, 3.05) is 31.7 Å². The lowest BCUT2D eigenvalue weighted by molar-refractivity contribution is -0.384. The normalized spacial score (nSPS) is 10.6. The topological polar surface area (TPSA) is 73.6 Å². The number of rotatable bonds is 11. The molecule has 0 radical (unpaired) electrons. The van der Waals surface area contributed by atoms with Crippen molar-refractivity contribution in [3.8, 4) is 0 Å². The molecule has 1 aromatic carbocycles. The summed E-state index contributed by atoms with van der Waals surface area (Å²) < 4.78 is 10.8. The van der Waals surface area contributed by atoms with Crippen molar-refractivity contribution in [3.05, 3.63) is 33.9 Å². The van der Waals surface area contributed by atoms with Gasteiger partial charge in [-0.3, -0.25) is 10.1 Å². The Hall–Kier alpha value is -1.66. The molecule has 0 fully saturated rings. The second-order valence-electron chi connectivity index (χ2n) is 4.66. The number of hydrogen-bond acceptors (Lipinski definition) is 5. The molecule has 0 saturated carbocycles. The zero-order valence-corrected chi connectivity index (χ0v) is 12.8. The van der Waals surface area contributed by atoms with Gasteiger partial charge in [0, 0.05) is 19.2 Å². The zero-order valence-electron chi connectivity index (χ0n) is 12.8. The summed E-state index contributed by atoms with van der Waals surface area (Å²) >= 11 is 0. The van der Waals surface area contributed by atoms with Gasteiger partial charge in [-0.1, -0.05) is 19.4 Å². The third-order valence-corrected chi connectivity index (χ3v) is 2.91. The predicted octanol–water partition coefficient (Wildman–Crippen LogP) is 3.36. The molecule has 0 aromatic heterocycles. The monoisotopic (exact) mass is 296 g/mol. The van der Waals surface area contributed by atoms with E-state index in [-0.39, 0.29) is 10.6 Å². The number of ether oxygens (including phenoxy) is 2. The van der Waals surface area contributed by atoms with Crippen molar-refractivity contribution in [2.45, 2.75) is 33.3 Å². The lowest BCUT2D eigenvalue weighted by Crippen LogP contribution is -2.06. The van der Waals surface area contributed by atoms with E-state index in [1.807, 2.05) is 13.0 Å². The van der Waals surface area contributed by atoms with E-state index in [0.717, 1.165) is 25.0 Å². The molecule has 0 aliphatic rings. The highest BCUT2D eigenvalue weighted by molar-refractivity contribution is 5.62. The molecular formula is C15H24N2O4. The summed E-state index contributed by atoms with van der Waals surface area (Å²) in [5, 5.41) is 14.0. The zero-order chi connectivity index (χ0) is 15.5. The Kier molecular flexibility index (Phi) is 8.38. The van der Waals surface area contributed by atoms with Gasteiger partial charge in [-0.2, -0.15) is 0 Å². The first-order chi connectivity index (χ1) is 10.2. The van der Waals surface area contributed by atoms with Gasteiger partial charge in [0.05, 0.1) is 24.7 Å². The van der Waals surface area contributed by atoms with Gasteiger partial charge in [-0.25, -0.2) is 0 Å². The van der Waals surface area contributed by atoms with Crippen molar-refractivity contribution >= 4 is 11.4 Å². The van der Waals surface area contributed by atoms with E-state index in [0.29, 0.717) is 32.1 Å². The van der Waals surface area contributed by atoms with Crippen LogP contribution < -0.4 is 5.32 Å². The summed E-state index contributed by atoms with van der Waals surface area (Å²) in [7, 11) is 0. The van der Waals surface area contributed by atoms with E-state index < -0.39 is 0 Å². The first-order valence-electron chi connectivity index (χ1n) is 7.35. The summed E-state index contributed by atoms with van der Waals surface area (Å²) in [6.07, 6.45) is 2.17. The molecule has 0 spiro atoms. The molecule has 0 aliphatic heterocycles. The van der Waals surface area contributed by atoms with E-state index in [1.165, 1.54) is 0 Å². The van der Waals surface area contributed by atoms with Crippen LogP contribution in [0.3, 0.4) is 0 Å². The van der Waals surface area contributed by atoms with Crippen molar-refractivity contribution in [1.82, 2.24) is 0 Å². The summed E-state index contributed by atoms with van der Waals surface area (Å²) in [6, 6.07) is 5.11. The van der Waals surface area contributed by atoms with Crippen LogP contribution in [0.15, 0.2) is 18.2 Å². The quantitative estimate of drug-likeness (QED) is 0.385. The predicted molar refractivity (Wildman–Crippen MR) is 82.6 cm³/mol. The van der Waals surface area contributed by atoms with Gasteiger partial charge in [-0.15, -0.1) is 0 Å². The van der Waals surface area contributed by atoms with Crippen LogP contribution in [0.5, 0.6) is 0 Å². The van der Waals surface area contributed by atoms with Crippen LogP contribution >= 0.6 is 0 Å². The number of nitro benzene ring substituents is 1. The van der Waals surface area contributed by atoms with E-state index >= 15 is 0 Å². The third-order valence-electron chi connectivity index (χ3n) is 2.91. The number of anilines is 1. The summed E-state index contributed by atoms with van der Waals surface area (Å²) in [5.41, 5.74) is 1.41. The van der Waals surface area contributed by atoms with Crippen LogP contribution in [0.25, 0.3) is 0 Å². The maximum atomic E-state index is 11.0. The van der Waals surface area contributed by atoms with E-state index in [2.05, 4.69) is 12.2 Å². The molecule has 0 saturated heterocycles. The molecule has 0 aliphatic carbocycles. The van der Waals surface area contributed by atoms with Gasteiger partial charge < -0.3 is 14.8 Å². The minimum absolute atomic E-state index is 0.0807. The highest BCUT2D eigenvalue weighted by Gasteiger charge is 2.13. The number of hydrogen-bond donors (Lipinski definition) is 1. The number of benzene rings is 1. The highest BCUT2D eigenvalue weighted by atomic mass is 16.6. The lowest BCUT2D eigenvalue weighted by Gasteiger charge is -2.08. The molecule has 0 amide bonds. The Morgan fingerprint density at radius 2 is 1.95 bits per heavy atom. The maximum Gasteiger partial charge on any atom is 0.292 e. The molecule has 1 N–H and O–H groups in total. The minimum Gasteiger partial charge on any atom is -0.380 e. The van der Waals surface area contributed by atoms with Gasteiger partial charge in [0.1, 0.15) is 5.69 Å². The van der Waals surface area contributed by atoms with Gasteiger partial charge in [-0.05, 0) is 25.0 Å². The molecule has 0 atom stereocenters. The number of nitrogens with zero attached hydrogens (tertiary/aromatic N) is 1. The molecule has 6 heteroatoms. The van der Waals surface area contributed by atoms with Gasteiger partial charge >= 0.3 is 0 Å². The highest BCUT2D eigenvalue weighted by Crippen LogP contribution is 2.25. The van der Waals surface area contributed by atoms with Crippen molar-refractivity contribution in [2.24, 2.45) is 0 Å². The SMILES string of the molecule is CCCCOCCOCc1ccc(NCC)c([N+](=O)[O-])c1. The molecule has 1 rings (SSSR count). The molecule has 1 aromatic rings. The third kappa shape index (κ3) is 6.55. The summed E-state index contributed by atoms with van der Waals surface area (Å²) in [5.74, 6) is 0. The van der Waals surface area contributed by atoms with Crippen LogP contribution in [0.4, 0.5) is 11.4 Å². The molecular weight excluding hydrogens is 272 g/mol. The first-order valence-corrected chi connectivity index (χ1v) is 7.35. The minimum atomic E-state index is -0.380. The van der Waals surface area contributed by atoms with Crippen LogP contribution in [0.1, 0.15) is 32.3 Å². The van der Waals surface area contributed by atoms with Gasteiger partial charge in [0.15, 0.2) is 0 Å². The molecule has 0 bridgehead atoms. The van der Waals surface area contributed by atoms with E-state index in [4.69, 9.17) is 9.47 Å². The van der Waals surface area contributed by atoms with Crippen molar-refractivity contribution in [1.29, 1.82) is 0 Å². The molecule has 21 heavy (non-hydrogen) atoms. The fourth-order valence-corrected chi connectivity index (χ4v) is 1.81. The fraction of sp³-hybridized carbons (Fsp3) is 0.600. The van der Waals surface area contributed by atoms with E-state index in [9.17, 15) is 10.1 Å². The first kappa shape index (κ1) is 17.4. The molecule has 118 valence electrons. The van der Waals surface area contributed by atoms with Gasteiger partial charge in [0.25, 0.3) is 5.69 Å². The lowest BCUT2D eigenvalue weighted by atomic mass is 10.2. The standard InChI is InChI=1S/C15H24N2O4/c1-3-5-8-20-9-10-21-12-13-6-7-14(16-4-2)15(11-13)17(18)19/h6-7,11,16H,3-5,8-10,12H2,1-2H3. The van der Waals surface area contributed by atoms with Crippen LogP contribution in [0.2, 0.25) is 0 Å². The Balaban J connectivity index is 2.41. The molecule has 0 unspecified atom stereocenters. The smallest absolute Gasteiger partial charge is 0.292 e. The largest absolute Gasteiger partial charge is 0.380 e. The van der Waals surface area contributed by atoms with Crippen LogP contribution in [-0.2, 0) is 16.1 Å². The van der Waals surface area contributed by atoms with Crippen molar-refractivity contribution in [3.63, 3.8) is 0 Å². The fourth-order valence-electron chi connectivity index (χ4n) is 1.81. The maximum absolute atomic E-state index is 11.0. The number of unbranched alkanes of at least 4 members (excludes halogenated alkanes) is 1. The molecule has 6 nitrogen and oxygen atoms in total. The Morgan fingerprint density at radius 1 is 1.19 bits per heavy atom. The second-order valence-corrected chi connectivity index (χ2v) is 4.66. The Bertz CT molecular complexity index is 438. The Labute approximate surface area is 125 Å².